The van der Waals surface area contributed by atoms with Gasteiger partial charge >= 0.3 is 0 Å². The van der Waals surface area contributed by atoms with E-state index in [-0.39, 0.29) is 6.61 Å². The predicted octanol–water partition coefficient (Wildman–Crippen LogP) is 0.219. The van der Waals surface area contributed by atoms with Crippen molar-refractivity contribution in [2.45, 2.75) is 10.6 Å². The van der Waals surface area contributed by atoms with Crippen molar-refractivity contribution in [1.29, 1.82) is 0 Å². The van der Waals surface area contributed by atoms with Crippen LogP contribution in [0.25, 0.3) is 0 Å². The number of aliphatic hydroxyl groups excluding tert-OH is 1. The molecular formula is C11H18N2O3S2. The first-order valence-electron chi connectivity index (χ1n) is 5.92. The summed E-state index contributed by atoms with van der Waals surface area (Å²) >= 11 is 1.26. The molecule has 0 spiro atoms. The van der Waals surface area contributed by atoms with Gasteiger partial charge in [0.1, 0.15) is 4.21 Å². The van der Waals surface area contributed by atoms with Crippen LogP contribution < -0.4 is 0 Å². The minimum Gasteiger partial charge on any atom is -0.396 e. The Morgan fingerprint density at radius 3 is 2.56 bits per heavy atom. The zero-order valence-corrected chi connectivity index (χ0v) is 12.0. The van der Waals surface area contributed by atoms with Crippen LogP contribution in [0.3, 0.4) is 0 Å². The van der Waals surface area contributed by atoms with E-state index in [1.165, 1.54) is 11.3 Å². The summed E-state index contributed by atoms with van der Waals surface area (Å²) in [6, 6.07) is 3.42. The summed E-state index contributed by atoms with van der Waals surface area (Å²) in [6.45, 7) is 2.69. The van der Waals surface area contributed by atoms with Gasteiger partial charge in [0.2, 0.25) is 0 Å². The Morgan fingerprint density at radius 1 is 1.28 bits per heavy atom. The minimum atomic E-state index is -3.34. The second-order valence-corrected chi connectivity index (χ2v) is 7.73. The van der Waals surface area contributed by atoms with E-state index in [2.05, 4.69) is 4.90 Å². The van der Waals surface area contributed by atoms with Gasteiger partial charge in [0.05, 0.1) is 0 Å². The summed E-state index contributed by atoms with van der Waals surface area (Å²) in [5.41, 5.74) is 0. The fraction of sp³-hybridized carbons (Fsp3) is 0.636. The molecule has 2 rings (SSSR count). The average molecular weight is 290 g/mol. The summed E-state index contributed by atoms with van der Waals surface area (Å²) < 4.78 is 26.7. The third-order valence-corrected chi connectivity index (χ3v) is 6.56. The first-order valence-corrected chi connectivity index (χ1v) is 8.18. The molecule has 1 N–H and O–H groups in total. The lowest BCUT2D eigenvalue weighted by Gasteiger charge is -2.31. The van der Waals surface area contributed by atoms with Crippen molar-refractivity contribution < 1.29 is 13.5 Å². The molecule has 0 aromatic carbocycles. The standard InChI is InChI=1S/C11H18N2O3S2/c1-12-5-7-13(8-6-12)18(15,16)11-3-2-10(17-11)4-9-14/h2-3,14H,4-9H2,1H3. The molecule has 0 amide bonds. The molecule has 1 aromatic heterocycles. The number of sulfonamides is 1. The molecule has 0 bridgehead atoms. The number of nitrogens with zero attached hydrogens (tertiary/aromatic N) is 2. The molecule has 0 atom stereocenters. The normalized spacial score (nSPS) is 19.2. The first kappa shape index (κ1) is 14.0. The van der Waals surface area contributed by atoms with Gasteiger partial charge in [-0.25, -0.2) is 8.42 Å². The van der Waals surface area contributed by atoms with Crippen molar-refractivity contribution in [2.75, 3.05) is 39.8 Å². The highest BCUT2D eigenvalue weighted by Crippen LogP contribution is 2.25. The van der Waals surface area contributed by atoms with Gasteiger partial charge in [-0.05, 0) is 19.2 Å². The molecule has 0 unspecified atom stereocenters. The van der Waals surface area contributed by atoms with Gasteiger partial charge < -0.3 is 10.0 Å². The summed E-state index contributed by atoms with van der Waals surface area (Å²) in [4.78, 5) is 3.03. The molecule has 0 aliphatic carbocycles. The molecule has 5 nitrogen and oxygen atoms in total. The van der Waals surface area contributed by atoms with Crippen molar-refractivity contribution in [2.24, 2.45) is 0 Å². The molecule has 7 heteroatoms. The van der Waals surface area contributed by atoms with Gasteiger partial charge in [0.25, 0.3) is 10.0 Å². The lowest BCUT2D eigenvalue weighted by atomic mass is 10.4. The van der Waals surface area contributed by atoms with E-state index in [1.54, 1.807) is 16.4 Å². The van der Waals surface area contributed by atoms with Crippen LogP contribution in [0.2, 0.25) is 0 Å². The van der Waals surface area contributed by atoms with E-state index in [1.807, 2.05) is 7.05 Å². The Kier molecular flexibility index (Phi) is 4.39. The van der Waals surface area contributed by atoms with Crippen LogP contribution in [-0.2, 0) is 16.4 Å². The maximum absolute atomic E-state index is 12.4. The van der Waals surface area contributed by atoms with E-state index >= 15 is 0 Å². The molecule has 1 aliphatic heterocycles. The lowest BCUT2D eigenvalue weighted by Crippen LogP contribution is -2.46. The number of likely N-dealkylation sites (N-methyl/N-ethyl adjacent to an activating group) is 1. The highest BCUT2D eigenvalue weighted by molar-refractivity contribution is 7.91. The van der Waals surface area contributed by atoms with E-state index in [9.17, 15) is 8.42 Å². The Bertz CT molecular complexity index is 490. The molecule has 2 heterocycles. The Morgan fingerprint density at radius 2 is 1.94 bits per heavy atom. The molecule has 1 aromatic rings. The molecule has 1 fully saturated rings. The zero-order valence-electron chi connectivity index (χ0n) is 10.4. The van der Waals surface area contributed by atoms with Crippen molar-refractivity contribution in [1.82, 2.24) is 9.21 Å². The molecule has 0 radical (unpaired) electrons. The maximum Gasteiger partial charge on any atom is 0.252 e. The van der Waals surface area contributed by atoms with Gasteiger partial charge in [0, 0.05) is 44.1 Å². The third-order valence-electron chi connectivity index (χ3n) is 3.05. The quantitative estimate of drug-likeness (QED) is 0.862. The number of thiophene rings is 1. The van der Waals surface area contributed by atoms with Gasteiger partial charge in [-0.3, -0.25) is 0 Å². The summed E-state index contributed by atoms with van der Waals surface area (Å²) in [6.07, 6.45) is 0.517. The second kappa shape index (κ2) is 5.66. The molecule has 18 heavy (non-hydrogen) atoms. The van der Waals surface area contributed by atoms with Crippen LogP contribution in [0, 0.1) is 0 Å². The smallest absolute Gasteiger partial charge is 0.252 e. The van der Waals surface area contributed by atoms with E-state index in [0.717, 1.165) is 18.0 Å². The predicted molar refractivity (Wildman–Crippen MR) is 71.4 cm³/mol. The van der Waals surface area contributed by atoms with E-state index in [0.29, 0.717) is 23.7 Å². The lowest BCUT2D eigenvalue weighted by molar-refractivity contribution is 0.222. The van der Waals surface area contributed by atoms with Gasteiger partial charge in [0.15, 0.2) is 0 Å². The van der Waals surface area contributed by atoms with Crippen LogP contribution >= 0.6 is 11.3 Å². The highest BCUT2D eigenvalue weighted by Gasteiger charge is 2.28. The molecule has 0 saturated carbocycles. The summed E-state index contributed by atoms with van der Waals surface area (Å²) in [5.74, 6) is 0. The minimum absolute atomic E-state index is 0.0501. The van der Waals surface area contributed by atoms with E-state index < -0.39 is 10.0 Å². The second-order valence-electron chi connectivity index (χ2n) is 4.40. The number of hydrogen-bond donors (Lipinski definition) is 1. The summed E-state index contributed by atoms with van der Waals surface area (Å²) in [5, 5.41) is 8.85. The third kappa shape index (κ3) is 2.92. The van der Waals surface area contributed by atoms with Crippen LogP contribution in [0.15, 0.2) is 16.3 Å². The van der Waals surface area contributed by atoms with Crippen molar-refractivity contribution in [3.63, 3.8) is 0 Å². The molecule has 1 saturated heterocycles. The Balaban J connectivity index is 2.14. The van der Waals surface area contributed by atoms with Crippen molar-refractivity contribution in [3.8, 4) is 0 Å². The fourth-order valence-corrected chi connectivity index (χ4v) is 4.82. The zero-order chi connectivity index (χ0) is 13.2. The number of hydrogen-bond acceptors (Lipinski definition) is 5. The van der Waals surface area contributed by atoms with E-state index in [4.69, 9.17) is 5.11 Å². The SMILES string of the molecule is CN1CCN(S(=O)(=O)c2ccc(CCO)s2)CC1. The van der Waals surface area contributed by atoms with Gasteiger partial charge in [-0.15, -0.1) is 11.3 Å². The largest absolute Gasteiger partial charge is 0.396 e. The highest BCUT2D eigenvalue weighted by atomic mass is 32.2. The van der Waals surface area contributed by atoms with Crippen LogP contribution in [-0.4, -0.2) is 62.6 Å². The van der Waals surface area contributed by atoms with Gasteiger partial charge in [-0.2, -0.15) is 4.31 Å². The summed E-state index contributed by atoms with van der Waals surface area (Å²) in [7, 11) is -1.34. The Hall–Kier alpha value is -0.470. The van der Waals surface area contributed by atoms with Crippen LogP contribution in [0.4, 0.5) is 0 Å². The molecule has 102 valence electrons. The number of aliphatic hydroxyl groups is 1. The Labute approximate surface area is 112 Å². The number of rotatable bonds is 4. The molecular weight excluding hydrogens is 272 g/mol. The maximum atomic E-state index is 12.4. The first-order chi connectivity index (χ1) is 8.54. The van der Waals surface area contributed by atoms with Crippen molar-refractivity contribution in [3.05, 3.63) is 17.0 Å². The van der Waals surface area contributed by atoms with Crippen LogP contribution in [0.1, 0.15) is 4.88 Å². The number of piperazine rings is 1. The molecule has 1 aliphatic rings. The van der Waals surface area contributed by atoms with Crippen LogP contribution in [0.5, 0.6) is 0 Å². The van der Waals surface area contributed by atoms with Gasteiger partial charge in [-0.1, -0.05) is 0 Å². The topological polar surface area (TPSA) is 60.9 Å². The average Bonchev–Trinajstić information content (AvgIpc) is 2.79. The van der Waals surface area contributed by atoms with Crippen molar-refractivity contribution >= 4 is 21.4 Å². The monoisotopic (exact) mass is 290 g/mol. The fourth-order valence-electron chi connectivity index (χ4n) is 1.90.